The molecule has 0 bridgehead atoms. The summed E-state index contributed by atoms with van der Waals surface area (Å²) in [5.74, 6) is -0.864. The first-order valence-corrected chi connectivity index (χ1v) is 5.12. The number of nitrogens with zero attached hydrogens (tertiary/aromatic N) is 1. The minimum Gasteiger partial charge on any atom is -0.464 e. The van der Waals surface area contributed by atoms with E-state index in [0.29, 0.717) is 4.88 Å². The minimum absolute atomic E-state index is 0.146. The summed E-state index contributed by atoms with van der Waals surface area (Å²) in [7, 11) is 0. The first-order valence-electron chi connectivity index (χ1n) is 4.30. The van der Waals surface area contributed by atoms with Crippen LogP contribution in [0.3, 0.4) is 0 Å². The van der Waals surface area contributed by atoms with Crippen LogP contribution in [0.1, 0.15) is 17.9 Å². The lowest BCUT2D eigenvalue weighted by atomic mass is 10.2. The number of hydrogen-bond acceptors (Lipinski definition) is 7. The number of carbonyl (C=O) groups excluding carboxylic acids is 1. The number of aliphatic hydroxyl groups is 2. The number of aliphatic hydroxyl groups excluding tert-OH is 2. The Balaban J connectivity index is 2.67. The normalized spacial score (nSPS) is 14.6. The van der Waals surface area contributed by atoms with Crippen molar-refractivity contribution in [2.45, 2.75) is 19.1 Å². The molecule has 0 saturated heterocycles. The van der Waals surface area contributed by atoms with Gasteiger partial charge in [-0.2, -0.15) is 0 Å². The van der Waals surface area contributed by atoms with Gasteiger partial charge in [-0.1, -0.05) is 11.3 Å². The van der Waals surface area contributed by atoms with Crippen molar-refractivity contribution >= 4 is 22.4 Å². The maximum Gasteiger partial charge on any atom is 0.338 e. The Morgan fingerprint density at radius 2 is 2.40 bits per heavy atom. The van der Waals surface area contributed by atoms with Crippen LogP contribution < -0.4 is 5.73 Å². The van der Waals surface area contributed by atoms with E-state index in [0.717, 1.165) is 11.3 Å². The number of esters is 1. The van der Waals surface area contributed by atoms with Crippen LogP contribution in [0.4, 0.5) is 5.13 Å². The van der Waals surface area contributed by atoms with Crippen molar-refractivity contribution < 1.29 is 19.7 Å². The highest BCUT2D eigenvalue weighted by atomic mass is 32.1. The van der Waals surface area contributed by atoms with Gasteiger partial charge >= 0.3 is 5.97 Å². The van der Waals surface area contributed by atoms with E-state index in [1.807, 2.05) is 0 Å². The molecule has 1 rings (SSSR count). The van der Waals surface area contributed by atoms with Crippen molar-refractivity contribution in [3.63, 3.8) is 0 Å². The molecule has 1 aromatic heterocycles. The summed E-state index contributed by atoms with van der Waals surface area (Å²) in [5, 5.41) is 19.2. The molecule has 2 unspecified atom stereocenters. The Kier molecular flexibility index (Phi) is 4.01. The van der Waals surface area contributed by atoms with E-state index in [4.69, 9.17) is 5.73 Å². The fourth-order valence-electron chi connectivity index (χ4n) is 0.950. The summed E-state index contributed by atoms with van der Waals surface area (Å²) in [6.07, 6.45) is -1.64. The van der Waals surface area contributed by atoms with Crippen molar-refractivity contribution in [1.82, 2.24) is 4.98 Å². The lowest BCUT2D eigenvalue weighted by molar-refractivity contribution is -0.159. The number of thiazole rings is 1. The summed E-state index contributed by atoms with van der Waals surface area (Å²) in [5.41, 5.74) is 5.35. The number of rotatable bonds is 4. The second-order valence-corrected chi connectivity index (χ2v) is 3.84. The molecule has 0 amide bonds. The number of carbonyl (C=O) groups is 1. The Labute approximate surface area is 90.3 Å². The maximum atomic E-state index is 11.1. The number of aromatic nitrogens is 1. The van der Waals surface area contributed by atoms with Gasteiger partial charge in [0.05, 0.1) is 11.5 Å². The quantitative estimate of drug-likeness (QED) is 0.614. The Morgan fingerprint density at radius 3 is 2.87 bits per heavy atom. The molecule has 1 heterocycles. The van der Waals surface area contributed by atoms with E-state index >= 15 is 0 Å². The van der Waals surface area contributed by atoms with E-state index in [1.54, 1.807) is 6.92 Å². The Morgan fingerprint density at radius 1 is 1.73 bits per heavy atom. The van der Waals surface area contributed by atoms with Crippen molar-refractivity contribution in [2.75, 3.05) is 12.3 Å². The number of anilines is 1. The van der Waals surface area contributed by atoms with Crippen molar-refractivity contribution in [1.29, 1.82) is 0 Å². The van der Waals surface area contributed by atoms with Gasteiger partial charge in [0.1, 0.15) is 6.10 Å². The van der Waals surface area contributed by atoms with Gasteiger partial charge in [-0.05, 0) is 6.92 Å². The molecule has 15 heavy (non-hydrogen) atoms. The molecule has 0 aliphatic rings. The first-order chi connectivity index (χ1) is 7.06. The zero-order valence-corrected chi connectivity index (χ0v) is 8.90. The van der Waals surface area contributed by atoms with Gasteiger partial charge in [-0.3, -0.25) is 0 Å². The molecule has 7 heteroatoms. The second-order valence-electron chi connectivity index (χ2n) is 2.74. The SMILES string of the molecule is CCOC(=O)C(O)C(O)c1cnc(N)s1. The van der Waals surface area contributed by atoms with Crippen LogP contribution in [0, 0.1) is 0 Å². The highest BCUT2D eigenvalue weighted by Gasteiger charge is 2.28. The Hall–Kier alpha value is -1.18. The van der Waals surface area contributed by atoms with Crippen LogP contribution in [0.5, 0.6) is 0 Å². The molecule has 0 radical (unpaired) electrons. The molecule has 0 saturated carbocycles. The van der Waals surface area contributed by atoms with Gasteiger partial charge in [0.2, 0.25) is 0 Å². The second kappa shape index (κ2) is 5.06. The van der Waals surface area contributed by atoms with Gasteiger partial charge in [-0.15, -0.1) is 0 Å². The largest absolute Gasteiger partial charge is 0.464 e. The minimum atomic E-state index is -1.61. The molecule has 6 nitrogen and oxygen atoms in total. The lowest BCUT2D eigenvalue weighted by Gasteiger charge is -2.14. The van der Waals surface area contributed by atoms with Crippen molar-refractivity contribution in [3.05, 3.63) is 11.1 Å². The van der Waals surface area contributed by atoms with Crippen LogP contribution in [-0.4, -0.2) is 33.9 Å². The average Bonchev–Trinajstić information content (AvgIpc) is 2.63. The predicted octanol–water partition coefficient (Wildman–Crippen LogP) is -0.317. The molecule has 0 fully saturated rings. The third-order valence-electron chi connectivity index (χ3n) is 1.66. The summed E-state index contributed by atoms with van der Waals surface area (Å²) in [6.45, 7) is 1.76. The third kappa shape index (κ3) is 2.88. The van der Waals surface area contributed by atoms with E-state index in [2.05, 4.69) is 9.72 Å². The monoisotopic (exact) mass is 232 g/mol. The molecule has 0 aliphatic carbocycles. The van der Waals surface area contributed by atoms with Crippen LogP contribution in [-0.2, 0) is 9.53 Å². The zero-order chi connectivity index (χ0) is 11.4. The number of hydrogen-bond donors (Lipinski definition) is 3. The fourth-order valence-corrected chi connectivity index (χ4v) is 1.65. The molecule has 84 valence electrons. The molecule has 1 aromatic rings. The van der Waals surface area contributed by atoms with Gasteiger partial charge in [0.25, 0.3) is 0 Å². The topological polar surface area (TPSA) is 106 Å². The summed E-state index contributed by atoms with van der Waals surface area (Å²) in [6, 6.07) is 0. The number of ether oxygens (including phenoxy) is 1. The molecule has 4 N–H and O–H groups in total. The molecular weight excluding hydrogens is 220 g/mol. The molecule has 0 aliphatic heterocycles. The molecular formula is C8H12N2O4S. The highest BCUT2D eigenvalue weighted by molar-refractivity contribution is 7.15. The lowest BCUT2D eigenvalue weighted by Crippen LogP contribution is -2.29. The number of nitrogen functional groups attached to an aromatic ring is 1. The van der Waals surface area contributed by atoms with E-state index in [-0.39, 0.29) is 11.7 Å². The molecule has 0 aromatic carbocycles. The highest BCUT2D eigenvalue weighted by Crippen LogP contribution is 2.25. The predicted molar refractivity (Wildman–Crippen MR) is 54.1 cm³/mol. The first kappa shape index (κ1) is 11.9. The van der Waals surface area contributed by atoms with E-state index < -0.39 is 18.2 Å². The Bertz CT molecular complexity index is 341. The number of nitrogens with two attached hydrogens (primary N) is 1. The van der Waals surface area contributed by atoms with Crippen LogP contribution in [0.15, 0.2) is 6.20 Å². The van der Waals surface area contributed by atoms with Crippen LogP contribution >= 0.6 is 11.3 Å². The fraction of sp³-hybridized carbons (Fsp3) is 0.500. The standard InChI is InChI=1S/C8H12N2O4S/c1-2-14-7(13)6(12)5(11)4-3-10-8(9)15-4/h3,5-6,11-12H,2H2,1H3,(H2,9,10). The van der Waals surface area contributed by atoms with Crippen LogP contribution in [0.2, 0.25) is 0 Å². The molecule has 0 spiro atoms. The van der Waals surface area contributed by atoms with Crippen LogP contribution in [0.25, 0.3) is 0 Å². The maximum absolute atomic E-state index is 11.1. The van der Waals surface area contributed by atoms with Crippen molar-refractivity contribution in [2.24, 2.45) is 0 Å². The smallest absolute Gasteiger partial charge is 0.338 e. The van der Waals surface area contributed by atoms with Crippen molar-refractivity contribution in [3.8, 4) is 0 Å². The van der Waals surface area contributed by atoms with Gasteiger partial charge in [0, 0.05) is 6.20 Å². The van der Waals surface area contributed by atoms with Gasteiger partial charge in [0.15, 0.2) is 11.2 Å². The van der Waals surface area contributed by atoms with E-state index in [1.165, 1.54) is 6.20 Å². The third-order valence-corrected chi connectivity index (χ3v) is 2.56. The molecule has 2 atom stereocenters. The van der Waals surface area contributed by atoms with E-state index in [9.17, 15) is 15.0 Å². The average molecular weight is 232 g/mol. The van der Waals surface area contributed by atoms with Gasteiger partial charge in [-0.25, -0.2) is 9.78 Å². The zero-order valence-electron chi connectivity index (χ0n) is 8.08. The van der Waals surface area contributed by atoms with Gasteiger partial charge < -0.3 is 20.7 Å². The summed E-state index contributed by atoms with van der Waals surface area (Å²) in [4.78, 5) is 15.1. The summed E-state index contributed by atoms with van der Waals surface area (Å²) < 4.78 is 4.56. The summed E-state index contributed by atoms with van der Waals surface area (Å²) >= 11 is 1.01.